The highest BCUT2D eigenvalue weighted by atomic mass is 32.1. The number of nitrogens with one attached hydrogen (secondary N) is 2. The lowest BCUT2D eigenvalue weighted by Gasteiger charge is -2.18. The van der Waals surface area contributed by atoms with Crippen LogP contribution in [0.5, 0.6) is 11.5 Å². The standard InChI is InChI=1S/C20H29N3O3S/c1-5-21-20(22-11-14(2)15-8-9-27-13-15)23-12-18(24)17-10-16(25-3)6-7-19(17)26-4/h6-10,13-14,18,24H,5,11-12H2,1-4H3,(H2,21,22,23). The molecule has 7 heteroatoms. The number of thiophene rings is 1. The zero-order chi connectivity index (χ0) is 19.6. The predicted octanol–water partition coefficient (Wildman–Crippen LogP) is 3.16. The van der Waals surface area contributed by atoms with Gasteiger partial charge in [0, 0.05) is 31.1 Å². The molecule has 1 aromatic heterocycles. The van der Waals surface area contributed by atoms with Crippen molar-refractivity contribution in [3.63, 3.8) is 0 Å². The summed E-state index contributed by atoms with van der Waals surface area (Å²) < 4.78 is 10.6. The summed E-state index contributed by atoms with van der Waals surface area (Å²) in [6.07, 6.45) is -0.756. The van der Waals surface area contributed by atoms with Gasteiger partial charge in [-0.15, -0.1) is 0 Å². The van der Waals surface area contributed by atoms with Crippen LogP contribution in [0.1, 0.15) is 37.0 Å². The molecule has 0 amide bonds. The molecule has 0 fully saturated rings. The van der Waals surface area contributed by atoms with Gasteiger partial charge in [-0.1, -0.05) is 6.92 Å². The van der Waals surface area contributed by atoms with E-state index in [0.717, 1.165) is 6.54 Å². The zero-order valence-corrected chi connectivity index (χ0v) is 17.2. The molecule has 0 spiro atoms. The number of benzene rings is 1. The second kappa shape index (κ2) is 10.8. The fourth-order valence-electron chi connectivity index (χ4n) is 2.63. The van der Waals surface area contributed by atoms with Crippen molar-refractivity contribution in [3.05, 3.63) is 46.2 Å². The number of nitrogens with zero attached hydrogens (tertiary/aromatic N) is 1. The molecule has 0 saturated heterocycles. The van der Waals surface area contributed by atoms with Gasteiger partial charge in [0.15, 0.2) is 5.96 Å². The van der Waals surface area contributed by atoms with E-state index in [1.807, 2.05) is 6.92 Å². The number of methoxy groups -OCH3 is 2. The van der Waals surface area contributed by atoms with Crippen LogP contribution in [0.15, 0.2) is 40.0 Å². The van der Waals surface area contributed by atoms with Crippen molar-refractivity contribution >= 4 is 17.3 Å². The van der Waals surface area contributed by atoms with Gasteiger partial charge in [0.25, 0.3) is 0 Å². The van der Waals surface area contributed by atoms with Crippen molar-refractivity contribution in [3.8, 4) is 11.5 Å². The van der Waals surface area contributed by atoms with Crippen LogP contribution < -0.4 is 20.1 Å². The topological polar surface area (TPSA) is 75.1 Å². The summed E-state index contributed by atoms with van der Waals surface area (Å²) in [6.45, 7) is 5.90. The number of hydrogen-bond acceptors (Lipinski definition) is 5. The highest BCUT2D eigenvalue weighted by molar-refractivity contribution is 7.07. The molecule has 0 bridgehead atoms. The van der Waals surface area contributed by atoms with Crippen LogP contribution in [0.3, 0.4) is 0 Å². The Bertz CT molecular complexity index is 719. The normalized spacial score (nSPS) is 13.7. The summed E-state index contributed by atoms with van der Waals surface area (Å²) >= 11 is 1.70. The van der Waals surface area contributed by atoms with Gasteiger partial charge in [-0.25, -0.2) is 0 Å². The molecule has 1 aromatic carbocycles. The summed E-state index contributed by atoms with van der Waals surface area (Å²) in [5, 5.41) is 21.3. The summed E-state index contributed by atoms with van der Waals surface area (Å²) in [4.78, 5) is 4.64. The monoisotopic (exact) mass is 391 g/mol. The maximum atomic E-state index is 10.6. The van der Waals surface area contributed by atoms with Gasteiger partial charge in [0.1, 0.15) is 11.5 Å². The number of guanidine groups is 1. The maximum absolute atomic E-state index is 10.6. The van der Waals surface area contributed by atoms with Gasteiger partial charge in [-0.3, -0.25) is 4.99 Å². The molecule has 0 radical (unpaired) electrons. The van der Waals surface area contributed by atoms with Gasteiger partial charge < -0.3 is 25.2 Å². The van der Waals surface area contributed by atoms with E-state index in [9.17, 15) is 5.11 Å². The largest absolute Gasteiger partial charge is 0.497 e. The van der Waals surface area contributed by atoms with Gasteiger partial charge >= 0.3 is 0 Å². The average Bonchev–Trinajstić information content (AvgIpc) is 3.24. The molecule has 27 heavy (non-hydrogen) atoms. The molecule has 1 heterocycles. The lowest BCUT2D eigenvalue weighted by molar-refractivity contribution is 0.176. The number of aliphatic imine (C=N–C) groups is 1. The molecule has 2 atom stereocenters. The minimum Gasteiger partial charge on any atom is -0.497 e. The summed E-state index contributed by atoms with van der Waals surface area (Å²) in [6, 6.07) is 7.51. The Labute approximate surface area is 165 Å². The third-order valence-corrected chi connectivity index (χ3v) is 4.94. The first-order valence-electron chi connectivity index (χ1n) is 9.03. The molecule has 0 aliphatic heterocycles. The van der Waals surface area contributed by atoms with E-state index in [2.05, 4.69) is 39.4 Å². The lowest BCUT2D eigenvalue weighted by atomic mass is 10.1. The first-order chi connectivity index (χ1) is 13.1. The van der Waals surface area contributed by atoms with Crippen LogP contribution in [0.4, 0.5) is 0 Å². The quantitative estimate of drug-likeness (QED) is 0.452. The molecule has 0 aliphatic rings. The summed E-state index contributed by atoms with van der Waals surface area (Å²) in [5.41, 5.74) is 1.97. The molecule has 6 nitrogen and oxygen atoms in total. The molecule has 0 aliphatic carbocycles. The number of ether oxygens (including phenoxy) is 2. The number of aliphatic hydroxyl groups is 1. The smallest absolute Gasteiger partial charge is 0.191 e. The predicted molar refractivity (Wildman–Crippen MR) is 111 cm³/mol. The molecule has 0 saturated carbocycles. The van der Waals surface area contributed by atoms with Crippen LogP contribution in [0, 0.1) is 0 Å². The molecule has 2 aromatic rings. The fraction of sp³-hybridized carbons (Fsp3) is 0.450. The van der Waals surface area contributed by atoms with Crippen LogP contribution >= 0.6 is 11.3 Å². The Morgan fingerprint density at radius 2 is 2.04 bits per heavy atom. The van der Waals surface area contributed by atoms with Crippen molar-refractivity contribution in [2.24, 2.45) is 4.99 Å². The highest BCUT2D eigenvalue weighted by Gasteiger charge is 2.15. The first kappa shape index (κ1) is 21.1. The van der Waals surface area contributed by atoms with Crippen LogP contribution in [-0.4, -0.2) is 44.9 Å². The molecular formula is C20H29N3O3S. The Morgan fingerprint density at radius 1 is 1.22 bits per heavy atom. The van der Waals surface area contributed by atoms with E-state index in [1.165, 1.54) is 5.56 Å². The Balaban J connectivity index is 2.01. The van der Waals surface area contributed by atoms with Crippen molar-refractivity contribution in [1.82, 2.24) is 10.6 Å². The van der Waals surface area contributed by atoms with Gasteiger partial charge in [-0.05, 0) is 47.5 Å². The molecular weight excluding hydrogens is 362 g/mol. The van der Waals surface area contributed by atoms with E-state index in [0.29, 0.717) is 42.0 Å². The van der Waals surface area contributed by atoms with Crippen LogP contribution in [-0.2, 0) is 0 Å². The Hall–Kier alpha value is -2.25. The SMILES string of the molecule is CCNC(=NCC(C)c1ccsc1)NCC(O)c1cc(OC)ccc1OC. The minimum atomic E-state index is -0.756. The average molecular weight is 392 g/mol. The van der Waals surface area contributed by atoms with E-state index in [4.69, 9.17) is 9.47 Å². The number of aliphatic hydroxyl groups excluding tert-OH is 1. The van der Waals surface area contributed by atoms with Crippen molar-refractivity contribution in [2.75, 3.05) is 33.9 Å². The Kier molecular flexibility index (Phi) is 8.42. The number of rotatable bonds is 9. The number of hydrogen-bond donors (Lipinski definition) is 3. The third kappa shape index (κ3) is 6.15. The first-order valence-corrected chi connectivity index (χ1v) is 9.97. The Morgan fingerprint density at radius 3 is 2.67 bits per heavy atom. The van der Waals surface area contributed by atoms with E-state index >= 15 is 0 Å². The van der Waals surface area contributed by atoms with Crippen molar-refractivity contribution in [2.45, 2.75) is 25.9 Å². The maximum Gasteiger partial charge on any atom is 0.191 e. The van der Waals surface area contributed by atoms with E-state index in [1.54, 1.807) is 43.8 Å². The molecule has 148 valence electrons. The molecule has 2 unspecified atom stereocenters. The van der Waals surface area contributed by atoms with Gasteiger partial charge in [0.05, 0.1) is 20.3 Å². The second-order valence-electron chi connectivity index (χ2n) is 6.18. The van der Waals surface area contributed by atoms with Crippen LogP contribution in [0.2, 0.25) is 0 Å². The van der Waals surface area contributed by atoms with Crippen LogP contribution in [0.25, 0.3) is 0 Å². The van der Waals surface area contributed by atoms with Crippen molar-refractivity contribution < 1.29 is 14.6 Å². The fourth-order valence-corrected chi connectivity index (χ4v) is 3.42. The van der Waals surface area contributed by atoms with Gasteiger partial charge in [0.2, 0.25) is 0 Å². The third-order valence-electron chi connectivity index (χ3n) is 4.24. The minimum absolute atomic E-state index is 0.308. The van der Waals surface area contributed by atoms with Crippen molar-refractivity contribution in [1.29, 1.82) is 0 Å². The molecule has 2 rings (SSSR count). The summed E-state index contributed by atoms with van der Waals surface area (Å²) in [5.74, 6) is 2.32. The molecule has 3 N–H and O–H groups in total. The lowest BCUT2D eigenvalue weighted by Crippen LogP contribution is -2.39. The van der Waals surface area contributed by atoms with E-state index in [-0.39, 0.29) is 0 Å². The zero-order valence-electron chi connectivity index (χ0n) is 16.4. The summed E-state index contributed by atoms with van der Waals surface area (Å²) in [7, 11) is 3.18. The highest BCUT2D eigenvalue weighted by Crippen LogP contribution is 2.29. The van der Waals surface area contributed by atoms with E-state index < -0.39 is 6.10 Å². The second-order valence-corrected chi connectivity index (χ2v) is 6.96. The van der Waals surface area contributed by atoms with Gasteiger partial charge in [-0.2, -0.15) is 11.3 Å².